The van der Waals surface area contributed by atoms with Crippen molar-refractivity contribution in [1.29, 1.82) is 0 Å². The third kappa shape index (κ3) is 5.44. The molecule has 3 aromatic carbocycles. The highest BCUT2D eigenvalue weighted by atomic mass is 32.2. The van der Waals surface area contributed by atoms with Gasteiger partial charge in [0.15, 0.2) is 0 Å². The van der Waals surface area contributed by atoms with E-state index in [0.717, 1.165) is 11.1 Å². The number of rotatable bonds is 8. The standard InChI is InChI=1S/C25H26N2O6S/c1-17-10-11-20(25(29)33-4)14-21(17)26-24(28)19-12-13-22(32-3)23(15-19)34(30,31)27(2)16-18-8-6-5-7-9-18/h5-15H,16H2,1-4H3,(H,26,28). The van der Waals surface area contributed by atoms with Gasteiger partial charge in [-0.15, -0.1) is 0 Å². The topological polar surface area (TPSA) is 102 Å². The maximum atomic E-state index is 13.3. The van der Waals surface area contributed by atoms with Crippen molar-refractivity contribution in [1.82, 2.24) is 4.31 Å². The fourth-order valence-corrected chi connectivity index (χ4v) is 4.65. The van der Waals surface area contributed by atoms with E-state index in [-0.39, 0.29) is 28.3 Å². The number of anilines is 1. The van der Waals surface area contributed by atoms with Gasteiger partial charge in [-0.1, -0.05) is 36.4 Å². The van der Waals surface area contributed by atoms with Crippen LogP contribution in [0.5, 0.6) is 5.75 Å². The lowest BCUT2D eigenvalue weighted by Gasteiger charge is -2.19. The number of nitrogens with zero attached hydrogens (tertiary/aromatic N) is 1. The Bertz CT molecular complexity index is 1310. The molecule has 0 aliphatic carbocycles. The van der Waals surface area contributed by atoms with Crippen LogP contribution < -0.4 is 10.1 Å². The van der Waals surface area contributed by atoms with Gasteiger partial charge in [-0.05, 0) is 48.4 Å². The predicted octanol–water partition coefficient (Wildman–Crippen LogP) is 3.86. The number of amides is 1. The lowest BCUT2D eigenvalue weighted by atomic mass is 10.1. The minimum Gasteiger partial charge on any atom is -0.495 e. The quantitative estimate of drug-likeness (QED) is 0.489. The van der Waals surface area contributed by atoms with Crippen molar-refractivity contribution in [2.45, 2.75) is 18.4 Å². The van der Waals surface area contributed by atoms with Crippen molar-refractivity contribution in [3.63, 3.8) is 0 Å². The molecule has 1 N–H and O–H groups in total. The van der Waals surface area contributed by atoms with E-state index in [1.54, 1.807) is 19.1 Å². The van der Waals surface area contributed by atoms with Crippen LogP contribution >= 0.6 is 0 Å². The first-order valence-corrected chi connectivity index (χ1v) is 11.8. The number of carbonyl (C=O) groups is 2. The molecule has 0 unspecified atom stereocenters. The van der Waals surface area contributed by atoms with Gasteiger partial charge in [0.25, 0.3) is 5.91 Å². The fourth-order valence-electron chi connectivity index (χ4n) is 3.31. The summed E-state index contributed by atoms with van der Waals surface area (Å²) >= 11 is 0. The van der Waals surface area contributed by atoms with Crippen LogP contribution in [0.3, 0.4) is 0 Å². The van der Waals surface area contributed by atoms with E-state index in [2.05, 4.69) is 5.32 Å². The number of hydrogen-bond donors (Lipinski definition) is 1. The van der Waals surface area contributed by atoms with E-state index in [1.807, 2.05) is 30.3 Å². The number of esters is 1. The molecule has 0 radical (unpaired) electrons. The Balaban J connectivity index is 1.92. The molecule has 0 atom stereocenters. The summed E-state index contributed by atoms with van der Waals surface area (Å²) in [5.41, 5.74) is 2.36. The van der Waals surface area contributed by atoms with Crippen molar-refractivity contribution < 1.29 is 27.5 Å². The molecule has 0 saturated heterocycles. The molecular formula is C25H26N2O6S. The Hall–Kier alpha value is -3.69. The molecule has 178 valence electrons. The first kappa shape index (κ1) is 24.9. The number of ether oxygens (including phenoxy) is 2. The van der Waals surface area contributed by atoms with Crippen LogP contribution in [-0.2, 0) is 21.3 Å². The molecule has 0 aliphatic rings. The number of methoxy groups -OCH3 is 2. The van der Waals surface area contributed by atoms with Gasteiger partial charge in [-0.25, -0.2) is 13.2 Å². The molecule has 0 spiro atoms. The van der Waals surface area contributed by atoms with Crippen LogP contribution in [0.1, 0.15) is 31.8 Å². The van der Waals surface area contributed by atoms with Gasteiger partial charge >= 0.3 is 5.97 Å². The summed E-state index contributed by atoms with van der Waals surface area (Å²) < 4.78 is 37.8. The van der Waals surface area contributed by atoms with Crippen molar-refractivity contribution in [3.05, 3.63) is 89.0 Å². The summed E-state index contributed by atoms with van der Waals surface area (Å²) in [7, 11) is 0.138. The van der Waals surface area contributed by atoms with Gasteiger partial charge in [0.2, 0.25) is 10.0 Å². The zero-order chi connectivity index (χ0) is 24.9. The number of benzene rings is 3. The lowest BCUT2D eigenvalue weighted by molar-refractivity contribution is 0.0600. The number of hydrogen-bond acceptors (Lipinski definition) is 6. The highest BCUT2D eigenvalue weighted by molar-refractivity contribution is 7.89. The Morgan fingerprint density at radius 3 is 2.26 bits per heavy atom. The number of aryl methyl sites for hydroxylation is 1. The molecule has 8 nitrogen and oxygen atoms in total. The molecule has 0 saturated carbocycles. The van der Waals surface area contributed by atoms with Crippen LogP contribution in [0, 0.1) is 6.92 Å². The van der Waals surface area contributed by atoms with E-state index in [0.29, 0.717) is 5.69 Å². The Labute approximate surface area is 199 Å². The van der Waals surface area contributed by atoms with Gasteiger partial charge in [0, 0.05) is 24.8 Å². The third-order valence-corrected chi connectivity index (χ3v) is 7.09. The second kappa shape index (κ2) is 10.5. The zero-order valence-electron chi connectivity index (χ0n) is 19.4. The maximum absolute atomic E-state index is 13.3. The molecule has 0 bridgehead atoms. The summed E-state index contributed by atoms with van der Waals surface area (Å²) in [5, 5.41) is 2.74. The number of sulfonamides is 1. The molecular weight excluding hydrogens is 456 g/mol. The molecule has 9 heteroatoms. The maximum Gasteiger partial charge on any atom is 0.337 e. The number of carbonyl (C=O) groups excluding carboxylic acids is 2. The average molecular weight is 483 g/mol. The minimum atomic E-state index is -3.97. The smallest absolute Gasteiger partial charge is 0.337 e. The molecule has 34 heavy (non-hydrogen) atoms. The van der Waals surface area contributed by atoms with Crippen molar-refractivity contribution in [3.8, 4) is 5.75 Å². The molecule has 0 aromatic heterocycles. The van der Waals surface area contributed by atoms with Gasteiger partial charge in [-0.2, -0.15) is 4.31 Å². The molecule has 0 heterocycles. The molecule has 3 rings (SSSR count). The predicted molar refractivity (Wildman–Crippen MR) is 129 cm³/mol. The Kier molecular flexibility index (Phi) is 7.70. The SMILES string of the molecule is COC(=O)c1ccc(C)c(NC(=O)c2ccc(OC)c(S(=O)(=O)N(C)Cc3ccccc3)c2)c1. The zero-order valence-corrected chi connectivity index (χ0v) is 20.2. The van der Waals surface area contributed by atoms with Crippen molar-refractivity contribution in [2.24, 2.45) is 0 Å². The molecule has 3 aromatic rings. The summed E-state index contributed by atoms with van der Waals surface area (Å²) in [4.78, 5) is 24.7. The van der Waals surface area contributed by atoms with E-state index in [4.69, 9.17) is 9.47 Å². The molecule has 0 fully saturated rings. The van der Waals surface area contributed by atoms with Gasteiger partial charge in [-0.3, -0.25) is 4.79 Å². The number of nitrogens with one attached hydrogen (secondary N) is 1. The average Bonchev–Trinajstić information content (AvgIpc) is 2.84. The highest BCUT2D eigenvalue weighted by Gasteiger charge is 2.26. The Morgan fingerprint density at radius 1 is 0.941 bits per heavy atom. The third-order valence-electron chi connectivity index (χ3n) is 5.27. The van der Waals surface area contributed by atoms with Gasteiger partial charge in [0.05, 0.1) is 19.8 Å². The summed E-state index contributed by atoms with van der Waals surface area (Å²) in [5.74, 6) is -0.940. The van der Waals surface area contributed by atoms with Gasteiger partial charge in [0.1, 0.15) is 10.6 Å². The fraction of sp³-hybridized carbons (Fsp3) is 0.200. The Morgan fingerprint density at radius 2 is 1.62 bits per heavy atom. The van der Waals surface area contributed by atoms with Gasteiger partial charge < -0.3 is 14.8 Å². The van der Waals surface area contributed by atoms with Crippen LogP contribution in [0.15, 0.2) is 71.6 Å². The van der Waals surface area contributed by atoms with E-state index >= 15 is 0 Å². The van der Waals surface area contributed by atoms with E-state index in [9.17, 15) is 18.0 Å². The first-order valence-electron chi connectivity index (χ1n) is 10.4. The largest absolute Gasteiger partial charge is 0.495 e. The minimum absolute atomic E-state index is 0.121. The van der Waals surface area contributed by atoms with E-state index < -0.39 is 21.9 Å². The van der Waals surface area contributed by atoms with Crippen LogP contribution in [0.25, 0.3) is 0 Å². The van der Waals surface area contributed by atoms with Crippen molar-refractivity contribution in [2.75, 3.05) is 26.6 Å². The second-order valence-electron chi connectivity index (χ2n) is 7.59. The van der Waals surface area contributed by atoms with E-state index in [1.165, 1.54) is 49.8 Å². The summed E-state index contributed by atoms with van der Waals surface area (Å²) in [6.07, 6.45) is 0. The summed E-state index contributed by atoms with van der Waals surface area (Å²) in [6.45, 7) is 1.93. The van der Waals surface area contributed by atoms with Crippen LogP contribution in [-0.4, -0.2) is 45.9 Å². The normalized spacial score (nSPS) is 11.2. The van der Waals surface area contributed by atoms with Crippen LogP contribution in [0.2, 0.25) is 0 Å². The van der Waals surface area contributed by atoms with Crippen LogP contribution in [0.4, 0.5) is 5.69 Å². The second-order valence-corrected chi connectivity index (χ2v) is 9.60. The summed E-state index contributed by atoms with van der Waals surface area (Å²) in [6, 6.07) is 18.2. The monoisotopic (exact) mass is 482 g/mol. The highest BCUT2D eigenvalue weighted by Crippen LogP contribution is 2.29. The first-order chi connectivity index (χ1) is 16.2. The lowest BCUT2D eigenvalue weighted by Crippen LogP contribution is -2.27. The van der Waals surface area contributed by atoms with Crippen molar-refractivity contribution >= 4 is 27.6 Å². The molecule has 1 amide bonds. The molecule has 0 aliphatic heterocycles.